The zero-order valence-corrected chi connectivity index (χ0v) is 8.21. The Balaban J connectivity index is 3.13. The number of benzene rings is 1. The maximum absolute atomic E-state index is 12.5. The molecule has 0 aliphatic heterocycles. The minimum Gasteiger partial charge on any atom is -0.478 e. The largest absolute Gasteiger partial charge is 0.478 e. The Morgan fingerprint density at radius 3 is 2.67 bits per heavy atom. The second kappa shape index (κ2) is 4.89. The first-order valence-electron chi connectivity index (χ1n) is 3.99. The van der Waals surface area contributed by atoms with Crippen molar-refractivity contribution in [1.82, 2.24) is 0 Å². The summed E-state index contributed by atoms with van der Waals surface area (Å²) in [5.41, 5.74) is -0.128. The highest BCUT2D eigenvalue weighted by atomic mass is 35.5. The Morgan fingerprint density at radius 2 is 2.13 bits per heavy atom. The van der Waals surface area contributed by atoms with Crippen molar-refractivity contribution >= 4 is 23.6 Å². The van der Waals surface area contributed by atoms with Crippen LogP contribution in [0.4, 0.5) is 8.78 Å². The number of alkyl halides is 2. The van der Waals surface area contributed by atoms with Gasteiger partial charge in [0.05, 0.1) is 0 Å². The van der Waals surface area contributed by atoms with Crippen LogP contribution < -0.4 is 0 Å². The van der Waals surface area contributed by atoms with Gasteiger partial charge in [-0.1, -0.05) is 17.7 Å². The number of carbonyl (C=O) groups is 1. The van der Waals surface area contributed by atoms with Crippen LogP contribution in [0.25, 0.3) is 6.08 Å². The van der Waals surface area contributed by atoms with Crippen molar-refractivity contribution in [1.29, 1.82) is 0 Å². The van der Waals surface area contributed by atoms with Gasteiger partial charge in [0.2, 0.25) is 0 Å². The quantitative estimate of drug-likeness (QED) is 0.812. The van der Waals surface area contributed by atoms with Gasteiger partial charge in [-0.2, -0.15) is 0 Å². The van der Waals surface area contributed by atoms with E-state index in [0.29, 0.717) is 0 Å². The van der Waals surface area contributed by atoms with Crippen molar-refractivity contribution in [2.75, 3.05) is 0 Å². The van der Waals surface area contributed by atoms with E-state index in [9.17, 15) is 13.6 Å². The number of carboxylic acids is 1. The molecule has 0 heterocycles. The Hall–Kier alpha value is -1.42. The number of hydrogen-bond acceptors (Lipinski definition) is 1. The van der Waals surface area contributed by atoms with Gasteiger partial charge >= 0.3 is 5.97 Å². The fraction of sp³-hybridized carbons (Fsp3) is 0.100. The average molecular weight is 233 g/mol. The summed E-state index contributed by atoms with van der Waals surface area (Å²) in [4.78, 5) is 10.2. The fourth-order valence-electron chi connectivity index (χ4n) is 1.05. The summed E-state index contributed by atoms with van der Waals surface area (Å²) >= 11 is 5.61. The molecule has 80 valence electrons. The first kappa shape index (κ1) is 11.7. The van der Waals surface area contributed by atoms with Crippen LogP contribution in [0.1, 0.15) is 17.6 Å². The zero-order valence-electron chi connectivity index (χ0n) is 7.45. The van der Waals surface area contributed by atoms with Crippen molar-refractivity contribution in [3.63, 3.8) is 0 Å². The topological polar surface area (TPSA) is 37.3 Å². The van der Waals surface area contributed by atoms with Gasteiger partial charge in [0.1, 0.15) is 0 Å². The molecule has 1 N–H and O–H groups in total. The number of rotatable bonds is 3. The molecule has 0 atom stereocenters. The Labute approximate surface area is 89.8 Å². The van der Waals surface area contributed by atoms with E-state index >= 15 is 0 Å². The van der Waals surface area contributed by atoms with E-state index in [4.69, 9.17) is 16.7 Å². The highest BCUT2D eigenvalue weighted by Gasteiger charge is 2.11. The van der Waals surface area contributed by atoms with Crippen LogP contribution in [0, 0.1) is 0 Å². The van der Waals surface area contributed by atoms with E-state index in [-0.39, 0.29) is 16.1 Å². The van der Waals surface area contributed by atoms with Crippen molar-refractivity contribution < 1.29 is 18.7 Å². The lowest BCUT2D eigenvalue weighted by molar-refractivity contribution is -0.131. The van der Waals surface area contributed by atoms with Crippen molar-refractivity contribution in [3.05, 3.63) is 40.4 Å². The fourth-order valence-corrected chi connectivity index (χ4v) is 1.23. The van der Waals surface area contributed by atoms with Crippen molar-refractivity contribution in [2.24, 2.45) is 0 Å². The summed E-state index contributed by atoms with van der Waals surface area (Å²) in [5, 5.41) is 8.65. The number of carboxylic acid groups (broad SMARTS) is 1. The minimum absolute atomic E-state index is 0.111. The van der Waals surface area contributed by atoms with Crippen LogP contribution in [-0.2, 0) is 4.79 Å². The summed E-state index contributed by atoms with van der Waals surface area (Å²) in [5.74, 6) is -1.20. The lowest BCUT2D eigenvalue weighted by Gasteiger charge is -2.04. The second-order valence-corrected chi connectivity index (χ2v) is 3.18. The third kappa shape index (κ3) is 3.32. The Bertz CT molecular complexity index is 402. The monoisotopic (exact) mass is 232 g/mol. The molecule has 1 aromatic rings. The highest BCUT2D eigenvalue weighted by Crippen LogP contribution is 2.26. The Morgan fingerprint density at radius 1 is 1.47 bits per heavy atom. The molecule has 0 spiro atoms. The zero-order chi connectivity index (χ0) is 11.4. The number of hydrogen-bond donors (Lipinski definition) is 1. The Kier molecular flexibility index (Phi) is 3.80. The molecular weight excluding hydrogens is 226 g/mol. The van der Waals surface area contributed by atoms with Crippen molar-refractivity contribution in [2.45, 2.75) is 6.43 Å². The molecule has 0 amide bonds. The van der Waals surface area contributed by atoms with Gasteiger partial charge in [-0.05, 0) is 23.8 Å². The average Bonchev–Trinajstić information content (AvgIpc) is 2.14. The molecule has 1 aromatic carbocycles. The van der Waals surface area contributed by atoms with Crippen LogP contribution in [-0.4, -0.2) is 11.1 Å². The summed E-state index contributed by atoms with van der Waals surface area (Å²) in [6.45, 7) is 0. The summed E-state index contributed by atoms with van der Waals surface area (Å²) < 4.78 is 24.9. The number of halogens is 3. The summed E-state index contributed by atoms with van der Waals surface area (Å²) in [7, 11) is 0. The van der Waals surface area contributed by atoms with Gasteiger partial charge in [-0.15, -0.1) is 0 Å². The lowest BCUT2D eigenvalue weighted by Crippen LogP contribution is -1.91. The smallest absolute Gasteiger partial charge is 0.328 e. The molecule has 0 unspecified atom stereocenters. The maximum Gasteiger partial charge on any atom is 0.328 e. The molecule has 0 fully saturated rings. The standard InChI is InChI=1S/C10H7ClF2O2/c11-7-2-3-8(10(12)13)6(5-7)1-4-9(14)15/h1-5,10H,(H,14,15). The molecule has 0 saturated carbocycles. The molecule has 5 heteroatoms. The van der Waals surface area contributed by atoms with Crippen LogP contribution in [0.2, 0.25) is 5.02 Å². The molecule has 0 aromatic heterocycles. The molecule has 2 nitrogen and oxygen atoms in total. The normalized spacial score (nSPS) is 11.2. The highest BCUT2D eigenvalue weighted by molar-refractivity contribution is 6.30. The third-order valence-corrected chi connectivity index (χ3v) is 1.92. The van der Waals surface area contributed by atoms with Crippen LogP contribution in [0.15, 0.2) is 24.3 Å². The van der Waals surface area contributed by atoms with Gasteiger partial charge in [0.15, 0.2) is 0 Å². The molecule has 0 aliphatic carbocycles. The minimum atomic E-state index is -2.66. The van der Waals surface area contributed by atoms with E-state index in [1.807, 2.05) is 0 Å². The molecule has 0 bridgehead atoms. The van der Waals surface area contributed by atoms with Gasteiger partial charge in [-0.3, -0.25) is 0 Å². The summed E-state index contributed by atoms with van der Waals surface area (Å²) in [6.07, 6.45) is -0.775. The molecule has 15 heavy (non-hydrogen) atoms. The first-order chi connectivity index (χ1) is 7.00. The molecule has 0 saturated heterocycles. The van der Waals surface area contributed by atoms with E-state index in [0.717, 1.165) is 12.2 Å². The van der Waals surface area contributed by atoms with E-state index in [1.165, 1.54) is 18.2 Å². The van der Waals surface area contributed by atoms with E-state index in [2.05, 4.69) is 0 Å². The third-order valence-electron chi connectivity index (χ3n) is 1.69. The van der Waals surface area contributed by atoms with Crippen LogP contribution >= 0.6 is 11.6 Å². The predicted molar refractivity (Wildman–Crippen MR) is 53.1 cm³/mol. The predicted octanol–water partition coefficient (Wildman–Crippen LogP) is 3.38. The molecule has 1 rings (SSSR count). The van der Waals surface area contributed by atoms with Crippen molar-refractivity contribution in [3.8, 4) is 0 Å². The lowest BCUT2D eigenvalue weighted by atomic mass is 10.1. The van der Waals surface area contributed by atoms with E-state index in [1.54, 1.807) is 0 Å². The van der Waals surface area contributed by atoms with Gasteiger partial charge in [0, 0.05) is 16.7 Å². The second-order valence-electron chi connectivity index (χ2n) is 2.75. The molecule has 0 aliphatic rings. The SMILES string of the molecule is O=C(O)C=Cc1cc(Cl)ccc1C(F)F. The van der Waals surface area contributed by atoms with Gasteiger partial charge in [0.25, 0.3) is 6.43 Å². The molecule has 0 radical (unpaired) electrons. The van der Waals surface area contributed by atoms with Crippen LogP contribution in [0.3, 0.4) is 0 Å². The summed E-state index contributed by atoms with van der Waals surface area (Å²) in [6, 6.07) is 3.80. The number of aliphatic carboxylic acids is 1. The van der Waals surface area contributed by atoms with E-state index < -0.39 is 12.4 Å². The molecular formula is C10H7ClF2O2. The van der Waals surface area contributed by atoms with Gasteiger partial charge in [-0.25, -0.2) is 13.6 Å². The van der Waals surface area contributed by atoms with Gasteiger partial charge < -0.3 is 5.11 Å². The van der Waals surface area contributed by atoms with Crippen LogP contribution in [0.5, 0.6) is 0 Å². The first-order valence-corrected chi connectivity index (χ1v) is 4.37. The maximum atomic E-state index is 12.5.